The summed E-state index contributed by atoms with van der Waals surface area (Å²) in [7, 11) is 0. The van der Waals surface area contributed by atoms with Crippen molar-refractivity contribution < 1.29 is 9.59 Å². The molecule has 0 aliphatic heterocycles. The molecule has 7 heteroatoms. The van der Waals surface area contributed by atoms with Gasteiger partial charge in [0.05, 0.1) is 22.2 Å². The fourth-order valence-corrected chi connectivity index (χ4v) is 6.74. The van der Waals surface area contributed by atoms with Gasteiger partial charge in [-0.3, -0.25) is 14.6 Å². The number of halogens is 1. The summed E-state index contributed by atoms with van der Waals surface area (Å²) in [6.45, 7) is 5.52. The molecule has 2 aromatic heterocycles. The van der Waals surface area contributed by atoms with E-state index in [0.717, 1.165) is 57.1 Å². The number of rotatable bonds is 6. The predicted molar refractivity (Wildman–Crippen MR) is 176 cm³/mol. The Balaban J connectivity index is 0.000000171. The van der Waals surface area contributed by atoms with Crippen LogP contribution in [0.5, 0.6) is 0 Å². The number of aromatic nitrogens is 2. The van der Waals surface area contributed by atoms with Crippen LogP contribution < -0.4 is 10.6 Å². The van der Waals surface area contributed by atoms with Crippen molar-refractivity contribution in [1.82, 2.24) is 20.6 Å². The van der Waals surface area contributed by atoms with Crippen LogP contribution >= 0.6 is 11.6 Å². The van der Waals surface area contributed by atoms with E-state index in [2.05, 4.69) is 20.6 Å². The van der Waals surface area contributed by atoms with Crippen LogP contribution in [0, 0.1) is 25.7 Å². The highest BCUT2D eigenvalue weighted by atomic mass is 35.5. The topological polar surface area (TPSA) is 84.0 Å². The van der Waals surface area contributed by atoms with Crippen molar-refractivity contribution in [2.75, 3.05) is 13.1 Å². The lowest BCUT2D eigenvalue weighted by Gasteiger charge is -2.22. The first-order chi connectivity index (χ1) is 20.9. The number of pyridine rings is 2. The molecule has 2 saturated carbocycles. The van der Waals surface area contributed by atoms with E-state index in [1.807, 2.05) is 56.3 Å². The number of nitrogens with one attached hydrogen (secondary N) is 2. The molecule has 2 aliphatic rings. The van der Waals surface area contributed by atoms with Gasteiger partial charge in [-0.25, -0.2) is 4.98 Å². The van der Waals surface area contributed by atoms with Crippen molar-refractivity contribution in [3.05, 3.63) is 82.1 Å². The molecular formula is C36H43ClN4O2. The normalized spacial score (nSPS) is 16.0. The van der Waals surface area contributed by atoms with E-state index >= 15 is 0 Å². The molecule has 2 aliphatic carbocycles. The van der Waals surface area contributed by atoms with Crippen molar-refractivity contribution in [2.24, 2.45) is 11.8 Å². The molecule has 0 atom stereocenters. The van der Waals surface area contributed by atoms with E-state index in [0.29, 0.717) is 17.0 Å². The maximum absolute atomic E-state index is 12.6. The fraction of sp³-hybridized carbons (Fsp3) is 0.444. The summed E-state index contributed by atoms with van der Waals surface area (Å²) in [4.78, 5) is 33.8. The first-order valence-corrected chi connectivity index (χ1v) is 16.2. The summed E-state index contributed by atoms with van der Waals surface area (Å²) in [5.41, 5.74) is 5.12. The SMILES string of the molecule is Cc1ccc2nc(Cl)ccc2c1C(=O)NCC1CCCCC1.Cc1ccc2ncccc2c1C(=O)NCC1CCCCC1. The van der Waals surface area contributed by atoms with Crippen LogP contribution in [-0.2, 0) is 0 Å². The molecule has 4 aromatic rings. The Morgan fingerprint density at radius 3 is 1.77 bits per heavy atom. The van der Waals surface area contributed by atoms with E-state index in [-0.39, 0.29) is 11.8 Å². The maximum atomic E-state index is 12.6. The third kappa shape index (κ3) is 7.91. The highest BCUT2D eigenvalue weighted by molar-refractivity contribution is 6.30. The molecule has 2 aromatic carbocycles. The minimum absolute atomic E-state index is 0.00204. The van der Waals surface area contributed by atoms with Crippen molar-refractivity contribution in [1.29, 1.82) is 0 Å². The minimum Gasteiger partial charge on any atom is -0.352 e. The number of aryl methyl sites for hydroxylation is 2. The monoisotopic (exact) mass is 598 g/mol. The number of benzene rings is 2. The second-order valence-corrected chi connectivity index (χ2v) is 12.6. The Bertz CT molecular complexity index is 1570. The molecule has 2 heterocycles. The fourth-order valence-electron chi connectivity index (χ4n) is 6.59. The van der Waals surface area contributed by atoms with Gasteiger partial charge in [0.1, 0.15) is 5.15 Å². The van der Waals surface area contributed by atoms with Crippen LogP contribution in [0.3, 0.4) is 0 Å². The average molecular weight is 599 g/mol. The Morgan fingerprint density at radius 2 is 1.21 bits per heavy atom. The van der Waals surface area contributed by atoms with Gasteiger partial charge < -0.3 is 10.6 Å². The van der Waals surface area contributed by atoms with Gasteiger partial charge in [-0.15, -0.1) is 0 Å². The molecule has 6 rings (SSSR count). The number of amides is 2. The number of hydrogen-bond donors (Lipinski definition) is 2. The highest BCUT2D eigenvalue weighted by Crippen LogP contribution is 2.26. The predicted octanol–water partition coefficient (Wildman–Crippen LogP) is 8.36. The summed E-state index contributed by atoms with van der Waals surface area (Å²) in [6.07, 6.45) is 14.6. The molecule has 0 radical (unpaired) electrons. The van der Waals surface area contributed by atoms with Crippen LogP contribution in [0.15, 0.2) is 54.7 Å². The molecule has 0 unspecified atom stereocenters. The van der Waals surface area contributed by atoms with Crippen LogP contribution in [0.4, 0.5) is 0 Å². The molecule has 2 amide bonds. The summed E-state index contributed by atoms with van der Waals surface area (Å²) in [5, 5.41) is 8.51. The van der Waals surface area contributed by atoms with Crippen LogP contribution in [-0.4, -0.2) is 34.9 Å². The Morgan fingerprint density at radius 1 is 0.698 bits per heavy atom. The van der Waals surface area contributed by atoms with Crippen LogP contribution in [0.25, 0.3) is 21.8 Å². The van der Waals surface area contributed by atoms with Gasteiger partial charge in [0.25, 0.3) is 11.8 Å². The lowest BCUT2D eigenvalue weighted by Crippen LogP contribution is -2.30. The standard InChI is InChI=1S/C18H21ClN2O.C18H22N2O/c1-12-7-9-15-14(8-10-16(19)21-15)17(12)18(22)20-11-13-5-3-2-4-6-13;1-13-9-10-16-15(8-5-11-19-16)17(13)18(21)20-12-14-6-3-2-4-7-14/h7-10,13H,2-6,11H2,1H3,(H,20,22);5,8-11,14H,2-4,6-7,12H2,1H3,(H,20,21). The molecule has 6 nitrogen and oxygen atoms in total. The molecule has 2 N–H and O–H groups in total. The van der Waals surface area contributed by atoms with E-state index in [1.54, 1.807) is 12.3 Å². The largest absolute Gasteiger partial charge is 0.352 e. The lowest BCUT2D eigenvalue weighted by atomic mass is 9.89. The quantitative estimate of drug-likeness (QED) is 0.218. The molecule has 0 spiro atoms. The molecule has 226 valence electrons. The number of carbonyl (C=O) groups excluding carboxylic acids is 2. The van der Waals surface area contributed by atoms with Gasteiger partial charge in [0.2, 0.25) is 0 Å². The van der Waals surface area contributed by atoms with Gasteiger partial charge in [-0.2, -0.15) is 0 Å². The molecule has 43 heavy (non-hydrogen) atoms. The maximum Gasteiger partial charge on any atom is 0.252 e. The van der Waals surface area contributed by atoms with Crippen molar-refractivity contribution in [3.63, 3.8) is 0 Å². The van der Waals surface area contributed by atoms with E-state index in [1.165, 1.54) is 64.2 Å². The van der Waals surface area contributed by atoms with Crippen molar-refractivity contribution in [2.45, 2.75) is 78.1 Å². The summed E-state index contributed by atoms with van der Waals surface area (Å²) >= 11 is 5.94. The molecule has 0 saturated heterocycles. The number of nitrogens with zero attached hydrogens (tertiary/aromatic N) is 2. The zero-order valence-corrected chi connectivity index (χ0v) is 26.2. The average Bonchev–Trinajstić information content (AvgIpc) is 3.04. The van der Waals surface area contributed by atoms with Gasteiger partial charge in [-0.1, -0.05) is 68.3 Å². The lowest BCUT2D eigenvalue weighted by molar-refractivity contribution is 0.0936. The van der Waals surface area contributed by atoms with Gasteiger partial charge in [-0.05, 0) is 92.8 Å². The first-order valence-electron chi connectivity index (χ1n) is 15.9. The summed E-state index contributed by atoms with van der Waals surface area (Å²) < 4.78 is 0. The first kappa shape index (κ1) is 30.9. The van der Waals surface area contributed by atoms with Crippen LogP contribution in [0.1, 0.15) is 96.1 Å². The third-order valence-electron chi connectivity index (χ3n) is 9.05. The minimum atomic E-state index is -0.00204. The van der Waals surface area contributed by atoms with E-state index in [9.17, 15) is 9.59 Å². The second-order valence-electron chi connectivity index (χ2n) is 12.2. The zero-order valence-electron chi connectivity index (χ0n) is 25.4. The van der Waals surface area contributed by atoms with E-state index < -0.39 is 0 Å². The molecular weight excluding hydrogens is 556 g/mol. The van der Waals surface area contributed by atoms with Gasteiger partial charge in [0, 0.05) is 30.1 Å². The summed E-state index contributed by atoms with van der Waals surface area (Å²) in [6, 6.07) is 15.3. The Kier molecular flexibility index (Phi) is 10.6. The molecule has 0 bridgehead atoms. The number of fused-ring (bicyclic) bond motifs is 2. The number of carbonyl (C=O) groups is 2. The Labute approximate surface area is 260 Å². The Hall–Kier alpha value is -3.51. The third-order valence-corrected chi connectivity index (χ3v) is 9.26. The smallest absolute Gasteiger partial charge is 0.252 e. The molecule has 2 fully saturated rings. The van der Waals surface area contributed by atoms with Crippen LogP contribution in [0.2, 0.25) is 5.15 Å². The van der Waals surface area contributed by atoms with Gasteiger partial charge in [0.15, 0.2) is 0 Å². The van der Waals surface area contributed by atoms with E-state index in [4.69, 9.17) is 11.6 Å². The highest BCUT2D eigenvalue weighted by Gasteiger charge is 2.19. The summed E-state index contributed by atoms with van der Waals surface area (Å²) in [5.74, 6) is 1.31. The zero-order chi connectivity index (χ0) is 30.2. The second kappa shape index (κ2) is 14.8. The van der Waals surface area contributed by atoms with Gasteiger partial charge >= 0.3 is 0 Å². The van der Waals surface area contributed by atoms with Crippen molar-refractivity contribution in [3.8, 4) is 0 Å². The van der Waals surface area contributed by atoms with Crippen molar-refractivity contribution >= 4 is 45.2 Å². The number of hydrogen-bond acceptors (Lipinski definition) is 4.